The third-order valence-corrected chi connectivity index (χ3v) is 7.09. The summed E-state index contributed by atoms with van der Waals surface area (Å²) in [5.74, 6) is -1.09. The zero-order valence-electron chi connectivity index (χ0n) is 22.1. The number of halogens is 2. The molecule has 1 aliphatic heterocycles. The molecule has 3 aromatic rings. The van der Waals surface area contributed by atoms with Crippen LogP contribution in [0, 0.1) is 5.82 Å². The molecule has 3 aromatic carbocycles. The van der Waals surface area contributed by atoms with E-state index in [4.69, 9.17) is 11.6 Å². The number of nitrogens with zero attached hydrogens (tertiary/aromatic N) is 3. The van der Waals surface area contributed by atoms with Gasteiger partial charge in [0.1, 0.15) is 5.82 Å². The van der Waals surface area contributed by atoms with Gasteiger partial charge in [0.25, 0.3) is 17.7 Å². The lowest BCUT2D eigenvalue weighted by Gasteiger charge is -2.28. The van der Waals surface area contributed by atoms with Crippen molar-refractivity contribution in [3.05, 3.63) is 94.3 Å². The van der Waals surface area contributed by atoms with Gasteiger partial charge in [0, 0.05) is 66.8 Å². The summed E-state index contributed by atoms with van der Waals surface area (Å²) in [5, 5.41) is 3.42. The third-order valence-electron chi connectivity index (χ3n) is 6.84. The average Bonchev–Trinajstić information content (AvgIpc) is 3.20. The van der Waals surface area contributed by atoms with Gasteiger partial charge < -0.3 is 20.0 Å². The predicted octanol–water partition coefficient (Wildman–Crippen LogP) is 5.57. The van der Waals surface area contributed by atoms with Gasteiger partial charge in [0.05, 0.1) is 5.56 Å². The minimum Gasteiger partial charge on any atom is -0.369 e. The van der Waals surface area contributed by atoms with Crippen molar-refractivity contribution in [3.63, 3.8) is 0 Å². The van der Waals surface area contributed by atoms with Crippen LogP contribution in [0.5, 0.6) is 0 Å². The summed E-state index contributed by atoms with van der Waals surface area (Å²) in [7, 11) is 0. The Morgan fingerprint density at radius 2 is 1.64 bits per heavy atom. The van der Waals surface area contributed by atoms with Crippen LogP contribution >= 0.6 is 11.6 Å². The summed E-state index contributed by atoms with van der Waals surface area (Å²) in [6, 6.07) is 17.6. The van der Waals surface area contributed by atoms with Gasteiger partial charge in [-0.1, -0.05) is 17.7 Å². The van der Waals surface area contributed by atoms with Gasteiger partial charge in [-0.2, -0.15) is 0 Å². The molecule has 0 aliphatic carbocycles. The molecule has 1 aliphatic rings. The average molecular weight is 551 g/mol. The van der Waals surface area contributed by atoms with Crippen molar-refractivity contribution in [1.29, 1.82) is 0 Å². The summed E-state index contributed by atoms with van der Waals surface area (Å²) in [4.78, 5) is 44.9. The number of benzene rings is 3. The molecular weight excluding hydrogens is 519 g/mol. The highest BCUT2D eigenvalue weighted by Gasteiger charge is 2.25. The molecule has 4 rings (SSSR count). The van der Waals surface area contributed by atoms with E-state index in [1.165, 1.54) is 18.2 Å². The number of carbonyl (C=O) groups is 3. The molecule has 0 atom stereocenters. The van der Waals surface area contributed by atoms with Gasteiger partial charge in [0.15, 0.2) is 0 Å². The Kier molecular flexibility index (Phi) is 9.19. The van der Waals surface area contributed by atoms with Crippen LogP contribution in [0.1, 0.15) is 51.3 Å². The highest BCUT2D eigenvalue weighted by atomic mass is 35.5. The summed E-state index contributed by atoms with van der Waals surface area (Å²) >= 11 is 5.94. The van der Waals surface area contributed by atoms with Crippen molar-refractivity contribution in [2.75, 3.05) is 49.5 Å². The minimum absolute atomic E-state index is 0.130. The Morgan fingerprint density at radius 1 is 0.897 bits per heavy atom. The molecule has 1 heterocycles. The quantitative estimate of drug-likeness (QED) is 0.418. The number of amides is 3. The summed E-state index contributed by atoms with van der Waals surface area (Å²) in [5.41, 5.74) is 2.51. The molecule has 39 heavy (non-hydrogen) atoms. The Labute approximate surface area is 233 Å². The summed E-state index contributed by atoms with van der Waals surface area (Å²) in [6.45, 7) is 7.06. The fraction of sp³-hybridized carbons (Fsp3) is 0.300. The number of carbonyl (C=O) groups excluding carboxylic acids is 3. The first kappa shape index (κ1) is 28.1. The van der Waals surface area contributed by atoms with Crippen molar-refractivity contribution in [2.45, 2.75) is 20.3 Å². The van der Waals surface area contributed by atoms with Crippen LogP contribution in [0.4, 0.5) is 15.8 Å². The van der Waals surface area contributed by atoms with Crippen LogP contribution < -0.4 is 10.2 Å². The second-order valence-electron chi connectivity index (χ2n) is 9.31. The van der Waals surface area contributed by atoms with E-state index in [1.807, 2.05) is 19.9 Å². The monoisotopic (exact) mass is 550 g/mol. The predicted molar refractivity (Wildman–Crippen MR) is 152 cm³/mol. The van der Waals surface area contributed by atoms with Crippen LogP contribution in [-0.2, 0) is 0 Å². The molecule has 9 heteroatoms. The van der Waals surface area contributed by atoms with E-state index in [2.05, 4.69) is 10.2 Å². The lowest BCUT2D eigenvalue weighted by Crippen LogP contribution is -2.36. The first-order chi connectivity index (χ1) is 18.8. The van der Waals surface area contributed by atoms with E-state index < -0.39 is 5.82 Å². The van der Waals surface area contributed by atoms with E-state index in [-0.39, 0.29) is 17.7 Å². The van der Waals surface area contributed by atoms with Gasteiger partial charge in [-0.3, -0.25) is 14.4 Å². The maximum absolute atomic E-state index is 13.7. The van der Waals surface area contributed by atoms with Gasteiger partial charge in [-0.05, 0) is 80.9 Å². The number of rotatable bonds is 7. The maximum Gasteiger partial charge on any atom is 0.256 e. The second-order valence-corrected chi connectivity index (χ2v) is 9.75. The highest BCUT2D eigenvalue weighted by molar-refractivity contribution is 6.30. The SMILES string of the molecule is CCN(CC)C(=O)c1cc(NC(=O)c2ccc(Cl)cc2)ccc1N1CCCN(C(=O)c2cccc(F)c2)CC1. The van der Waals surface area contributed by atoms with Gasteiger partial charge in [-0.25, -0.2) is 4.39 Å². The van der Waals surface area contributed by atoms with Crippen molar-refractivity contribution in [3.8, 4) is 0 Å². The van der Waals surface area contributed by atoms with E-state index >= 15 is 0 Å². The molecule has 7 nitrogen and oxygen atoms in total. The summed E-state index contributed by atoms with van der Waals surface area (Å²) < 4.78 is 13.7. The molecule has 1 saturated heterocycles. The molecule has 0 saturated carbocycles. The molecule has 0 radical (unpaired) electrons. The minimum atomic E-state index is -0.444. The van der Waals surface area contributed by atoms with Crippen LogP contribution in [0.2, 0.25) is 5.02 Å². The molecular formula is C30H32ClFN4O3. The van der Waals surface area contributed by atoms with Crippen LogP contribution in [0.3, 0.4) is 0 Å². The molecule has 204 valence electrons. The number of hydrogen-bond acceptors (Lipinski definition) is 4. The maximum atomic E-state index is 13.7. The number of anilines is 2. The van der Waals surface area contributed by atoms with E-state index in [0.717, 1.165) is 5.69 Å². The van der Waals surface area contributed by atoms with Crippen molar-refractivity contribution in [1.82, 2.24) is 9.80 Å². The van der Waals surface area contributed by atoms with Crippen molar-refractivity contribution in [2.24, 2.45) is 0 Å². The molecule has 0 unspecified atom stereocenters. The lowest BCUT2D eigenvalue weighted by molar-refractivity contribution is 0.0760. The second kappa shape index (κ2) is 12.8. The van der Waals surface area contributed by atoms with Gasteiger partial charge >= 0.3 is 0 Å². The Morgan fingerprint density at radius 3 is 2.33 bits per heavy atom. The van der Waals surface area contributed by atoms with E-state index in [0.29, 0.717) is 73.1 Å². The topological polar surface area (TPSA) is 73.0 Å². The van der Waals surface area contributed by atoms with Gasteiger partial charge in [0.2, 0.25) is 0 Å². The zero-order chi connectivity index (χ0) is 27.9. The third kappa shape index (κ3) is 6.75. The number of hydrogen-bond donors (Lipinski definition) is 1. The van der Waals surface area contributed by atoms with Crippen LogP contribution in [0.25, 0.3) is 0 Å². The Bertz CT molecular complexity index is 1340. The van der Waals surface area contributed by atoms with Crippen molar-refractivity contribution >= 4 is 40.7 Å². The molecule has 3 amide bonds. The molecule has 0 spiro atoms. The molecule has 0 bridgehead atoms. The number of nitrogens with one attached hydrogen (secondary N) is 1. The standard InChI is InChI=1S/C30H32ClFN4O3/c1-3-34(4-2)30(39)26-20-25(33-28(37)21-9-11-23(31)12-10-21)13-14-27(26)35-15-6-16-36(18-17-35)29(38)22-7-5-8-24(32)19-22/h5,7-14,19-20H,3-4,6,15-18H2,1-2H3,(H,33,37). The van der Waals surface area contributed by atoms with E-state index in [1.54, 1.807) is 52.3 Å². The molecule has 1 N–H and O–H groups in total. The largest absolute Gasteiger partial charge is 0.369 e. The van der Waals surface area contributed by atoms with Crippen LogP contribution in [0.15, 0.2) is 66.7 Å². The van der Waals surface area contributed by atoms with Crippen LogP contribution in [-0.4, -0.2) is 66.8 Å². The lowest BCUT2D eigenvalue weighted by atomic mass is 10.1. The zero-order valence-corrected chi connectivity index (χ0v) is 22.9. The fourth-order valence-corrected chi connectivity index (χ4v) is 4.84. The first-order valence-corrected chi connectivity index (χ1v) is 13.5. The summed E-state index contributed by atoms with van der Waals surface area (Å²) in [6.07, 6.45) is 0.689. The molecule has 0 aromatic heterocycles. The van der Waals surface area contributed by atoms with Gasteiger partial charge in [-0.15, -0.1) is 0 Å². The van der Waals surface area contributed by atoms with Crippen molar-refractivity contribution < 1.29 is 18.8 Å². The normalized spacial score (nSPS) is 13.5. The smallest absolute Gasteiger partial charge is 0.256 e. The Balaban J connectivity index is 1.58. The first-order valence-electron chi connectivity index (χ1n) is 13.1. The Hall–Kier alpha value is -3.91. The molecule has 1 fully saturated rings. The fourth-order valence-electron chi connectivity index (χ4n) is 4.71. The van der Waals surface area contributed by atoms with E-state index in [9.17, 15) is 18.8 Å². The highest BCUT2D eigenvalue weighted by Crippen LogP contribution is 2.28.